The van der Waals surface area contributed by atoms with Crippen LogP contribution in [0.2, 0.25) is 0 Å². The summed E-state index contributed by atoms with van der Waals surface area (Å²) in [6.07, 6.45) is 1.60. The number of hydrogen-bond acceptors (Lipinski definition) is 6. The van der Waals surface area contributed by atoms with E-state index in [0.717, 1.165) is 51.0 Å². The van der Waals surface area contributed by atoms with Crippen LogP contribution in [-0.2, 0) is 4.74 Å². The van der Waals surface area contributed by atoms with E-state index in [9.17, 15) is 0 Å². The summed E-state index contributed by atoms with van der Waals surface area (Å²) in [6.45, 7) is 5.10. The van der Waals surface area contributed by atoms with Crippen LogP contribution in [0.5, 0.6) is 0 Å². The second-order valence-corrected chi connectivity index (χ2v) is 3.89. The Bertz CT molecular complexity index is 340. The summed E-state index contributed by atoms with van der Waals surface area (Å²) >= 11 is 0. The van der Waals surface area contributed by atoms with Gasteiger partial charge < -0.3 is 20.3 Å². The molecule has 2 N–H and O–H groups in total. The van der Waals surface area contributed by atoms with E-state index >= 15 is 0 Å². The largest absolute Gasteiger partial charge is 0.378 e. The van der Waals surface area contributed by atoms with E-state index in [1.54, 1.807) is 6.33 Å². The Morgan fingerprint density at radius 2 is 2.12 bits per heavy atom. The molecule has 0 unspecified atom stereocenters. The summed E-state index contributed by atoms with van der Waals surface area (Å²) in [5, 5.41) is 6.34. The van der Waals surface area contributed by atoms with Gasteiger partial charge in [-0.05, 0) is 7.05 Å². The topological polar surface area (TPSA) is 62.3 Å². The molecule has 0 atom stereocenters. The van der Waals surface area contributed by atoms with Gasteiger partial charge in [0.2, 0.25) is 0 Å². The van der Waals surface area contributed by atoms with Gasteiger partial charge >= 0.3 is 0 Å². The zero-order chi connectivity index (χ0) is 11.9. The molecule has 0 aromatic carbocycles. The molecule has 17 heavy (non-hydrogen) atoms. The molecule has 1 aromatic rings. The molecule has 0 spiro atoms. The second-order valence-electron chi connectivity index (χ2n) is 3.89. The lowest BCUT2D eigenvalue weighted by Gasteiger charge is -2.27. The molecule has 0 saturated carbocycles. The molecule has 2 heterocycles. The number of nitrogens with one attached hydrogen (secondary N) is 2. The minimum Gasteiger partial charge on any atom is -0.378 e. The van der Waals surface area contributed by atoms with Crippen molar-refractivity contribution < 1.29 is 4.74 Å². The van der Waals surface area contributed by atoms with E-state index in [4.69, 9.17) is 4.74 Å². The zero-order valence-electron chi connectivity index (χ0n) is 10.1. The van der Waals surface area contributed by atoms with Crippen molar-refractivity contribution in [2.24, 2.45) is 0 Å². The first-order valence-corrected chi connectivity index (χ1v) is 5.93. The quantitative estimate of drug-likeness (QED) is 0.700. The van der Waals surface area contributed by atoms with Crippen molar-refractivity contribution >= 4 is 11.6 Å². The molecule has 6 nitrogen and oxygen atoms in total. The molecular weight excluding hydrogens is 218 g/mol. The van der Waals surface area contributed by atoms with Gasteiger partial charge in [0.25, 0.3) is 0 Å². The van der Waals surface area contributed by atoms with E-state index in [1.165, 1.54) is 0 Å². The van der Waals surface area contributed by atoms with Crippen LogP contribution in [0, 0.1) is 0 Å². The fourth-order valence-electron chi connectivity index (χ4n) is 1.72. The molecular formula is C11H19N5O. The van der Waals surface area contributed by atoms with Crippen LogP contribution >= 0.6 is 0 Å². The third-order valence-corrected chi connectivity index (χ3v) is 2.67. The summed E-state index contributed by atoms with van der Waals surface area (Å²) in [5.41, 5.74) is 0. The van der Waals surface area contributed by atoms with Gasteiger partial charge in [0, 0.05) is 32.2 Å². The highest BCUT2D eigenvalue weighted by atomic mass is 16.5. The van der Waals surface area contributed by atoms with E-state index in [0.29, 0.717) is 0 Å². The minimum atomic E-state index is 0.770. The fourth-order valence-corrected chi connectivity index (χ4v) is 1.72. The van der Waals surface area contributed by atoms with Crippen LogP contribution in [-0.4, -0.2) is 56.4 Å². The number of aromatic nitrogens is 2. The van der Waals surface area contributed by atoms with Gasteiger partial charge in [0.15, 0.2) is 0 Å². The highest BCUT2D eigenvalue weighted by Crippen LogP contribution is 2.14. The average molecular weight is 237 g/mol. The molecule has 0 radical (unpaired) electrons. The number of nitrogens with zero attached hydrogens (tertiary/aromatic N) is 3. The maximum absolute atomic E-state index is 5.32. The van der Waals surface area contributed by atoms with Crippen molar-refractivity contribution in [3.8, 4) is 0 Å². The fraction of sp³-hybridized carbons (Fsp3) is 0.636. The maximum Gasteiger partial charge on any atom is 0.134 e. The lowest BCUT2D eigenvalue weighted by molar-refractivity contribution is 0.122. The van der Waals surface area contributed by atoms with Gasteiger partial charge in [-0.1, -0.05) is 0 Å². The normalized spacial score (nSPS) is 15.9. The lowest BCUT2D eigenvalue weighted by atomic mass is 10.4. The Labute approximate surface area is 101 Å². The number of hydrogen-bond donors (Lipinski definition) is 2. The standard InChI is InChI=1S/C11H19N5O/c1-12-2-3-13-10-8-11(15-9-14-10)16-4-6-17-7-5-16/h8-9,12H,2-7H2,1H3,(H,13,14,15). The molecule has 1 aromatic heterocycles. The third-order valence-electron chi connectivity index (χ3n) is 2.67. The van der Waals surface area contributed by atoms with Crippen LogP contribution in [0.25, 0.3) is 0 Å². The summed E-state index contributed by atoms with van der Waals surface area (Å²) in [5.74, 6) is 1.84. The minimum absolute atomic E-state index is 0.770. The Morgan fingerprint density at radius 3 is 2.88 bits per heavy atom. The average Bonchev–Trinajstić information content (AvgIpc) is 2.41. The molecule has 1 fully saturated rings. The van der Waals surface area contributed by atoms with Crippen LogP contribution < -0.4 is 15.5 Å². The molecule has 0 aliphatic carbocycles. The van der Waals surface area contributed by atoms with E-state index in [1.807, 2.05) is 13.1 Å². The van der Waals surface area contributed by atoms with E-state index in [2.05, 4.69) is 25.5 Å². The van der Waals surface area contributed by atoms with Crippen molar-refractivity contribution in [3.05, 3.63) is 12.4 Å². The summed E-state index contributed by atoms with van der Waals surface area (Å²) < 4.78 is 5.32. The van der Waals surface area contributed by atoms with Crippen LogP contribution in [0.3, 0.4) is 0 Å². The Morgan fingerprint density at radius 1 is 1.29 bits per heavy atom. The Balaban J connectivity index is 1.95. The smallest absolute Gasteiger partial charge is 0.134 e. The highest BCUT2D eigenvalue weighted by Gasteiger charge is 2.12. The molecule has 1 aliphatic rings. The number of rotatable bonds is 5. The van der Waals surface area contributed by atoms with Gasteiger partial charge in [-0.2, -0.15) is 0 Å². The monoisotopic (exact) mass is 237 g/mol. The predicted octanol–water partition coefficient (Wildman–Crippen LogP) is -0.0555. The molecule has 6 heteroatoms. The molecule has 2 rings (SSSR count). The number of ether oxygens (including phenoxy) is 1. The van der Waals surface area contributed by atoms with Crippen molar-refractivity contribution in [3.63, 3.8) is 0 Å². The maximum atomic E-state index is 5.32. The second kappa shape index (κ2) is 6.36. The van der Waals surface area contributed by atoms with Gasteiger partial charge in [-0.3, -0.25) is 0 Å². The van der Waals surface area contributed by atoms with E-state index in [-0.39, 0.29) is 0 Å². The van der Waals surface area contributed by atoms with Crippen molar-refractivity contribution in [1.82, 2.24) is 15.3 Å². The molecule has 0 bridgehead atoms. The molecule has 1 aliphatic heterocycles. The molecule has 94 valence electrons. The number of likely N-dealkylation sites (N-methyl/N-ethyl adjacent to an activating group) is 1. The van der Waals surface area contributed by atoms with Crippen molar-refractivity contribution in [1.29, 1.82) is 0 Å². The van der Waals surface area contributed by atoms with Gasteiger partial charge in [0.05, 0.1) is 13.2 Å². The van der Waals surface area contributed by atoms with Crippen molar-refractivity contribution in [2.45, 2.75) is 0 Å². The first-order valence-electron chi connectivity index (χ1n) is 5.93. The first-order chi connectivity index (χ1) is 8.40. The van der Waals surface area contributed by atoms with Crippen LogP contribution in [0.1, 0.15) is 0 Å². The zero-order valence-corrected chi connectivity index (χ0v) is 10.1. The van der Waals surface area contributed by atoms with E-state index < -0.39 is 0 Å². The van der Waals surface area contributed by atoms with Gasteiger partial charge in [-0.25, -0.2) is 9.97 Å². The first kappa shape index (κ1) is 12.1. The summed E-state index contributed by atoms with van der Waals surface area (Å²) in [4.78, 5) is 10.7. The molecule has 1 saturated heterocycles. The highest BCUT2D eigenvalue weighted by molar-refractivity contribution is 5.48. The summed E-state index contributed by atoms with van der Waals surface area (Å²) in [7, 11) is 1.93. The SMILES string of the molecule is CNCCNc1cc(N2CCOCC2)ncn1. The Kier molecular flexibility index (Phi) is 4.52. The van der Waals surface area contributed by atoms with Gasteiger partial charge in [0.1, 0.15) is 18.0 Å². The lowest BCUT2D eigenvalue weighted by Crippen LogP contribution is -2.36. The number of morpholine rings is 1. The Hall–Kier alpha value is -1.40. The molecule has 0 amide bonds. The summed E-state index contributed by atoms with van der Waals surface area (Å²) in [6, 6.07) is 1.99. The van der Waals surface area contributed by atoms with Crippen LogP contribution in [0.4, 0.5) is 11.6 Å². The third kappa shape index (κ3) is 3.54. The van der Waals surface area contributed by atoms with Crippen LogP contribution in [0.15, 0.2) is 12.4 Å². The van der Waals surface area contributed by atoms with Crippen molar-refractivity contribution in [2.75, 3.05) is 56.7 Å². The van der Waals surface area contributed by atoms with Gasteiger partial charge in [-0.15, -0.1) is 0 Å². The number of anilines is 2. The predicted molar refractivity (Wildman–Crippen MR) is 67.5 cm³/mol.